The van der Waals surface area contributed by atoms with Crippen molar-refractivity contribution in [1.29, 1.82) is 0 Å². The minimum absolute atomic E-state index is 0.0938. The molecule has 22 heavy (non-hydrogen) atoms. The summed E-state index contributed by atoms with van der Waals surface area (Å²) >= 11 is 0. The number of H-pyrrole nitrogens is 1. The van der Waals surface area contributed by atoms with Crippen molar-refractivity contribution in [2.24, 2.45) is 5.41 Å². The van der Waals surface area contributed by atoms with Crippen LogP contribution < -0.4 is 16.4 Å². The number of carbonyl (C=O) groups is 1. The summed E-state index contributed by atoms with van der Waals surface area (Å²) in [5.74, 6) is -0.104. The zero-order valence-electron chi connectivity index (χ0n) is 12.6. The van der Waals surface area contributed by atoms with Crippen molar-refractivity contribution in [3.63, 3.8) is 0 Å². The number of hydrogen-bond donors (Lipinski definition) is 2. The van der Waals surface area contributed by atoms with Gasteiger partial charge in [-0.15, -0.1) is 0 Å². The molecule has 1 aromatic heterocycles. The van der Waals surface area contributed by atoms with Crippen LogP contribution in [0.2, 0.25) is 0 Å². The Balaban J connectivity index is 1.61. The average molecular weight is 306 g/mol. The average Bonchev–Trinajstić information content (AvgIpc) is 2.52. The van der Waals surface area contributed by atoms with E-state index in [9.17, 15) is 14.4 Å². The molecule has 1 spiro atoms. The molecule has 0 saturated carbocycles. The Labute approximate surface area is 128 Å². The number of aromatic nitrogens is 2. The SMILES string of the molecule is O=C(Cn1[nH]c(=O)ccc1=O)N1CCC2(CCNCC2)CC1. The van der Waals surface area contributed by atoms with E-state index in [1.807, 2.05) is 4.90 Å². The molecule has 2 fully saturated rings. The van der Waals surface area contributed by atoms with Crippen LogP contribution in [0.4, 0.5) is 0 Å². The van der Waals surface area contributed by atoms with E-state index in [0.717, 1.165) is 43.7 Å². The molecule has 0 bridgehead atoms. The highest BCUT2D eigenvalue weighted by molar-refractivity contribution is 5.76. The number of piperidine rings is 2. The second-order valence-corrected chi connectivity index (χ2v) is 6.36. The molecule has 3 rings (SSSR count). The molecular formula is C15H22N4O3. The highest BCUT2D eigenvalue weighted by atomic mass is 16.2. The first-order chi connectivity index (χ1) is 10.6. The van der Waals surface area contributed by atoms with E-state index in [-0.39, 0.29) is 23.6 Å². The maximum Gasteiger partial charge on any atom is 0.265 e. The number of nitrogens with one attached hydrogen (secondary N) is 2. The monoisotopic (exact) mass is 306 g/mol. The van der Waals surface area contributed by atoms with Crippen LogP contribution in [0.25, 0.3) is 0 Å². The largest absolute Gasteiger partial charge is 0.341 e. The van der Waals surface area contributed by atoms with Crippen LogP contribution in [0.3, 0.4) is 0 Å². The van der Waals surface area contributed by atoms with E-state index in [2.05, 4.69) is 10.4 Å². The second kappa shape index (κ2) is 6.08. The zero-order chi connectivity index (χ0) is 15.6. The van der Waals surface area contributed by atoms with Crippen LogP contribution >= 0.6 is 0 Å². The van der Waals surface area contributed by atoms with Gasteiger partial charge in [0.15, 0.2) is 0 Å². The molecule has 1 aromatic rings. The molecule has 120 valence electrons. The van der Waals surface area contributed by atoms with Gasteiger partial charge in [0.25, 0.3) is 11.1 Å². The molecule has 3 heterocycles. The Bertz CT molecular complexity index is 647. The standard InChI is InChI=1S/C15H22N4O3/c20-12-1-2-13(21)19(17-12)11-14(22)18-9-5-15(6-10-18)3-7-16-8-4-15/h1-2,16H,3-11H2,(H,17,20). The van der Waals surface area contributed by atoms with Gasteiger partial charge in [0, 0.05) is 25.2 Å². The Kier molecular flexibility index (Phi) is 4.15. The summed E-state index contributed by atoms with van der Waals surface area (Å²) in [7, 11) is 0. The van der Waals surface area contributed by atoms with Gasteiger partial charge in [0.2, 0.25) is 5.91 Å². The molecular weight excluding hydrogens is 284 g/mol. The van der Waals surface area contributed by atoms with Gasteiger partial charge in [0.05, 0.1) is 0 Å². The summed E-state index contributed by atoms with van der Waals surface area (Å²) < 4.78 is 1.08. The molecule has 2 saturated heterocycles. The van der Waals surface area contributed by atoms with Crippen molar-refractivity contribution in [2.45, 2.75) is 32.2 Å². The Hall–Kier alpha value is -1.89. The number of amides is 1. The lowest BCUT2D eigenvalue weighted by Crippen LogP contribution is -2.48. The maximum absolute atomic E-state index is 12.3. The number of hydrogen-bond acceptors (Lipinski definition) is 4. The van der Waals surface area contributed by atoms with E-state index in [4.69, 9.17) is 0 Å². The summed E-state index contributed by atoms with van der Waals surface area (Å²) in [6, 6.07) is 2.36. The number of nitrogens with zero attached hydrogens (tertiary/aromatic N) is 2. The fraction of sp³-hybridized carbons (Fsp3) is 0.667. The van der Waals surface area contributed by atoms with Gasteiger partial charge in [-0.2, -0.15) is 0 Å². The third-order valence-electron chi connectivity index (χ3n) is 5.02. The molecule has 0 unspecified atom stereocenters. The van der Waals surface area contributed by atoms with Crippen molar-refractivity contribution < 1.29 is 4.79 Å². The maximum atomic E-state index is 12.3. The van der Waals surface area contributed by atoms with Crippen LogP contribution in [-0.2, 0) is 11.3 Å². The Morgan fingerprint density at radius 1 is 1.09 bits per heavy atom. The number of carbonyl (C=O) groups excluding carboxylic acids is 1. The van der Waals surface area contributed by atoms with Crippen molar-refractivity contribution in [3.05, 3.63) is 32.8 Å². The number of rotatable bonds is 2. The zero-order valence-corrected chi connectivity index (χ0v) is 12.6. The van der Waals surface area contributed by atoms with Crippen LogP contribution in [-0.4, -0.2) is 46.8 Å². The summed E-state index contributed by atoms with van der Waals surface area (Å²) in [5, 5.41) is 5.78. The minimum atomic E-state index is -0.375. The number of likely N-dealkylation sites (tertiary alicyclic amines) is 1. The first kappa shape index (κ1) is 15.0. The molecule has 2 aliphatic heterocycles. The Morgan fingerprint density at radius 3 is 2.45 bits per heavy atom. The van der Waals surface area contributed by atoms with E-state index in [1.54, 1.807) is 0 Å². The van der Waals surface area contributed by atoms with E-state index in [1.165, 1.54) is 25.0 Å². The smallest absolute Gasteiger partial charge is 0.265 e. The quantitative estimate of drug-likeness (QED) is 0.773. The van der Waals surface area contributed by atoms with Gasteiger partial charge in [-0.05, 0) is 44.2 Å². The van der Waals surface area contributed by atoms with Crippen LogP contribution in [0.5, 0.6) is 0 Å². The molecule has 1 amide bonds. The fourth-order valence-corrected chi connectivity index (χ4v) is 3.50. The van der Waals surface area contributed by atoms with Gasteiger partial charge < -0.3 is 10.2 Å². The summed E-state index contributed by atoms with van der Waals surface area (Å²) in [4.78, 5) is 37.0. The minimum Gasteiger partial charge on any atom is -0.341 e. The van der Waals surface area contributed by atoms with Gasteiger partial charge in [-0.25, -0.2) is 4.68 Å². The van der Waals surface area contributed by atoms with Gasteiger partial charge in [0.1, 0.15) is 6.54 Å². The van der Waals surface area contributed by atoms with Crippen molar-refractivity contribution in [2.75, 3.05) is 26.2 Å². The topological polar surface area (TPSA) is 87.2 Å². The van der Waals surface area contributed by atoms with Crippen molar-refractivity contribution in [1.82, 2.24) is 20.0 Å². The van der Waals surface area contributed by atoms with Crippen molar-refractivity contribution >= 4 is 5.91 Å². The van der Waals surface area contributed by atoms with E-state index >= 15 is 0 Å². The molecule has 0 aliphatic carbocycles. The molecule has 0 aromatic carbocycles. The normalized spacial score (nSPS) is 21.0. The van der Waals surface area contributed by atoms with Gasteiger partial charge in [-0.3, -0.25) is 19.5 Å². The third-order valence-corrected chi connectivity index (χ3v) is 5.02. The lowest BCUT2D eigenvalue weighted by molar-refractivity contribution is -0.134. The third kappa shape index (κ3) is 3.14. The first-order valence-corrected chi connectivity index (χ1v) is 7.87. The summed E-state index contributed by atoms with van der Waals surface area (Å²) in [6.45, 7) is 3.52. The van der Waals surface area contributed by atoms with Crippen LogP contribution in [0, 0.1) is 5.41 Å². The summed E-state index contributed by atoms with van der Waals surface area (Å²) in [6.07, 6.45) is 4.42. The lowest BCUT2D eigenvalue weighted by atomic mass is 9.71. The van der Waals surface area contributed by atoms with E-state index in [0.29, 0.717) is 5.41 Å². The molecule has 7 nitrogen and oxygen atoms in total. The predicted octanol–water partition coefficient (Wildman–Crippen LogP) is -0.471. The van der Waals surface area contributed by atoms with Gasteiger partial charge in [-0.1, -0.05) is 0 Å². The van der Waals surface area contributed by atoms with Gasteiger partial charge >= 0.3 is 0 Å². The second-order valence-electron chi connectivity index (χ2n) is 6.36. The Morgan fingerprint density at radius 2 is 1.77 bits per heavy atom. The van der Waals surface area contributed by atoms with Crippen LogP contribution in [0.15, 0.2) is 21.7 Å². The summed E-state index contributed by atoms with van der Waals surface area (Å²) in [5.41, 5.74) is -0.348. The van der Waals surface area contributed by atoms with Crippen molar-refractivity contribution in [3.8, 4) is 0 Å². The highest BCUT2D eigenvalue weighted by Gasteiger charge is 2.36. The first-order valence-electron chi connectivity index (χ1n) is 7.87. The predicted molar refractivity (Wildman–Crippen MR) is 81.7 cm³/mol. The number of aromatic amines is 1. The van der Waals surface area contributed by atoms with E-state index < -0.39 is 0 Å². The molecule has 0 atom stereocenters. The highest BCUT2D eigenvalue weighted by Crippen LogP contribution is 2.39. The van der Waals surface area contributed by atoms with Crippen LogP contribution in [0.1, 0.15) is 25.7 Å². The molecule has 0 radical (unpaired) electrons. The molecule has 7 heteroatoms. The molecule has 2 aliphatic rings. The lowest BCUT2D eigenvalue weighted by Gasteiger charge is -2.44. The molecule has 2 N–H and O–H groups in total. The fourth-order valence-electron chi connectivity index (χ4n) is 3.50.